The summed E-state index contributed by atoms with van der Waals surface area (Å²) in [6, 6.07) is 0. The van der Waals surface area contributed by atoms with Crippen LogP contribution in [-0.4, -0.2) is 69.6 Å². The molecule has 5 aliphatic rings. The lowest BCUT2D eigenvalue weighted by Crippen LogP contribution is -2.60. The minimum absolute atomic E-state index is 0.0396. The van der Waals surface area contributed by atoms with Gasteiger partial charge in [-0.15, -0.1) is 0 Å². The van der Waals surface area contributed by atoms with Gasteiger partial charge in [0.05, 0.1) is 12.7 Å². The first-order chi connectivity index (χ1) is 15.2. The average Bonchev–Trinajstić information content (AvgIpc) is 3.10. The number of ether oxygens (including phenoxy) is 2. The molecule has 11 atom stereocenters. The maximum absolute atomic E-state index is 12.0. The van der Waals surface area contributed by atoms with Crippen LogP contribution in [0.2, 0.25) is 0 Å². The summed E-state index contributed by atoms with van der Waals surface area (Å²) in [5.74, 6) is 2.00. The molecule has 180 valence electrons. The molecule has 1 heterocycles. The van der Waals surface area contributed by atoms with Gasteiger partial charge in [0.25, 0.3) is 0 Å². The monoisotopic (exact) mass is 450 g/mol. The Bertz CT molecular complexity index is 780. The van der Waals surface area contributed by atoms with Gasteiger partial charge in [-0.2, -0.15) is 0 Å². The molecular formula is C25H38O7. The summed E-state index contributed by atoms with van der Waals surface area (Å²) in [7, 11) is 0. The lowest BCUT2D eigenvalue weighted by molar-refractivity contribution is -0.319. The van der Waals surface area contributed by atoms with Gasteiger partial charge in [-0.05, 0) is 79.6 Å². The van der Waals surface area contributed by atoms with Crippen molar-refractivity contribution >= 4 is 5.78 Å². The number of carbonyl (C=O) groups is 1. The highest BCUT2D eigenvalue weighted by molar-refractivity contribution is 5.91. The van der Waals surface area contributed by atoms with Crippen molar-refractivity contribution in [1.29, 1.82) is 0 Å². The Balaban J connectivity index is 1.33. The van der Waals surface area contributed by atoms with Gasteiger partial charge in [-0.1, -0.05) is 19.4 Å². The molecule has 0 unspecified atom stereocenters. The molecule has 3 saturated carbocycles. The highest BCUT2D eigenvalue weighted by Gasteiger charge is 2.60. The van der Waals surface area contributed by atoms with Crippen molar-refractivity contribution in [2.45, 2.75) is 102 Å². The molecule has 7 heteroatoms. The van der Waals surface area contributed by atoms with Crippen molar-refractivity contribution in [3.05, 3.63) is 11.6 Å². The third kappa shape index (κ3) is 3.35. The maximum atomic E-state index is 12.0. The summed E-state index contributed by atoms with van der Waals surface area (Å²) in [6.45, 7) is 4.23. The zero-order valence-electron chi connectivity index (χ0n) is 19.2. The third-order valence-electron chi connectivity index (χ3n) is 10.0. The van der Waals surface area contributed by atoms with E-state index in [4.69, 9.17) is 9.47 Å². The fourth-order valence-electron chi connectivity index (χ4n) is 8.08. The molecule has 0 aromatic heterocycles. The predicted molar refractivity (Wildman–Crippen MR) is 115 cm³/mol. The summed E-state index contributed by atoms with van der Waals surface area (Å²) >= 11 is 0. The van der Waals surface area contributed by atoms with Crippen molar-refractivity contribution in [3.63, 3.8) is 0 Å². The Hall–Kier alpha value is -0.830. The fourth-order valence-corrected chi connectivity index (χ4v) is 8.08. The van der Waals surface area contributed by atoms with Gasteiger partial charge in [0.2, 0.25) is 0 Å². The molecule has 0 amide bonds. The van der Waals surface area contributed by atoms with Gasteiger partial charge in [-0.25, -0.2) is 0 Å². The minimum Gasteiger partial charge on any atom is -0.394 e. The normalized spacial score (nSPS) is 53.2. The van der Waals surface area contributed by atoms with Gasteiger partial charge in [-0.3, -0.25) is 4.79 Å². The number of rotatable bonds is 3. The predicted octanol–water partition coefficient (Wildman–Crippen LogP) is 1.70. The van der Waals surface area contributed by atoms with E-state index in [9.17, 15) is 25.2 Å². The fraction of sp³-hybridized carbons (Fsp3) is 0.880. The number of aliphatic hydroxyl groups excluding tert-OH is 4. The van der Waals surface area contributed by atoms with Crippen LogP contribution in [0.1, 0.15) is 65.2 Å². The highest BCUT2D eigenvalue weighted by atomic mass is 16.7. The van der Waals surface area contributed by atoms with E-state index in [1.54, 1.807) is 0 Å². The van der Waals surface area contributed by atoms with Crippen LogP contribution in [0.25, 0.3) is 0 Å². The molecule has 4 aliphatic carbocycles. The maximum Gasteiger partial charge on any atom is 0.186 e. The molecule has 4 fully saturated rings. The summed E-state index contributed by atoms with van der Waals surface area (Å²) in [5.41, 5.74) is 1.46. The van der Waals surface area contributed by atoms with Crippen molar-refractivity contribution in [3.8, 4) is 0 Å². The molecule has 0 bridgehead atoms. The van der Waals surface area contributed by atoms with Gasteiger partial charge in [0.15, 0.2) is 12.1 Å². The van der Waals surface area contributed by atoms with Gasteiger partial charge in [0.1, 0.15) is 24.4 Å². The summed E-state index contributed by atoms with van der Waals surface area (Å²) in [6.07, 6.45) is 3.50. The molecule has 0 aromatic rings. The molecule has 5 rings (SSSR count). The highest BCUT2D eigenvalue weighted by Crippen LogP contribution is 2.65. The third-order valence-corrected chi connectivity index (χ3v) is 10.0. The number of fused-ring (bicyclic) bond motifs is 5. The van der Waals surface area contributed by atoms with E-state index in [2.05, 4.69) is 13.8 Å². The van der Waals surface area contributed by atoms with E-state index in [1.165, 1.54) is 5.57 Å². The van der Waals surface area contributed by atoms with Crippen LogP contribution in [0, 0.1) is 28.6 Å². The Labute approximate surface area is 189 Å². The number of hydrogen-bond donors (Lipinski definition) is 4. The number of allylic oxidation sites excluding steroid dienone is 1. The van der Waals surface area contributed by atoms with Crippen LogP contribution in [0.4, 0.5) is 0 Å². The SMILES string of the molecule is C[C@]12CC[C@H]3[C@@H](CCC4=CC(=O)CC[C@@]43C)[C@@H]1CC[C@@H]2O[C@@H]1O[C@H](CO)[C@@H](O)[C@H](O)[C@H]1O. The van der Waals surface area contributed by atoms with Crippen LogP contribution in [-0.2, 0) is 14.3 Å². The van der Waals surface area contributed by atoms with Crippen LogP contribution < -0.4 is 0 Å². The first kappa shape index (κ1) is 22.9. The standard InChI is InChI=1S/C25H38O7/c1-24-9-7-14(27)11-13(24)3-4-15-16-5-6-19(25(16,2)10-8-17(15)24)32-23-22(30)21(29)20(28)18(12-26)31-23/h11,15-23,26,28-30H,3-10,12H2,1-2H3/t15-,16-,17-,18+,19-,20+,21-,22+,23-,24-,25-/m0/s1. The molecule has 0 radical (unpaired) electrons. The Morgan fingerprint density at radius 1 is 1.00 bits per heavy atom. The smallest absolute Gasteiger partial charge is 0.186 e. The molecule has 7 nitrogen and oxygen atoms in total. The molecule has 4 N–H and O–H groups in total. The van der Waals surface area contributed by atoms with Crippen LogP contribution in [0.15, 0.2) is 11.6 Å². The molecule has 0 spiro atoms. The average molecular weight is 451 g/mol. The van der Waals surface area contributed by atoms with E-state index in [-0.39, 0.29) is 22.7 Å². The van der Waals surface area contributed by atoms with Crippen molar-refractivity contribution in [1.82, 2.24) is 0 Å². The summed E-state index contributed by atoms with van der Waals surface area (Å²) in [5, 5.41) is 40.2. The zero-order chi connectivity index (χ0) is 22.8. The van der Waals surface area contributed by atoms with Gasteiger partial charge < -0.3 is 29.9 Å². The van der Waals surface area contributed by atoms with Crippen molar-refractivity contribution in [2.75, 3.05) is 6.61 Å². The summed E-state index contributed by atoms with van der Waals surface area (Å²) in [4.78, 5) is 12.0. The van der Waals surface area contributed by atoms with E-state index in [0.29, 0.717) is 24.2 Å². The Morgan fingerprint density at radius 2 is 1.78 bits per heavy atom. The van der Waals surface area contributed by atoms with E-state index >= 15 is 0 Å². The van der Waals surface area contributed by atoms with Crippen LogP contribution in [0.3, 0.4) is 0 Å². The van der Waals surface area contributed by atoms with Crippen LogP contribution >= 0.6 is 0 Å². The Morgan fingerprint density at radius 3 is 2.53 bits per heavy atom. The molecule has 32 heavy (non-hydrogen) atoms. The van der Waals surface area contributed by atoms with E-state index < -0.39 is 37.3 Å². The zero-order valence-corrected chi connectivity index (χ0v) is 19.2. The van der Waals surface area contributed by atoms with Crippen LogP contribution in [0.5, 0.6) is 0 Å². The summed E-state index contributed by atoms with van der Waals surface area (Å²) < 4.78 is 12.0. The molecule has 1 saturated heterocycles. The lowest BCUT2D eigenvalue weighted by Gasteiger charge is -2.58. The molecular weight excluding hydrogens is 412 g/mol. The number of carbonyl (C=O) groups excluding carboxylic acids is 1. The second-order valence-electron chi connectivity index (χ2n) is 11.4. The van der Waals surface area contributed by atoms with E-state index in [1.807, 2.05) is 6.08 Å². The second-order valence-corrected chi connectivity index (χ2v) is 11.4. The van der Waals surface area contributed by atoms with Gasteiger partial charge in [0, 0.05) is 6.42 Å². The topological polar surface area (TPSA) is 116 Å². The lowest BCUT2D eigenvalue weighted by atomic mass is 9.47. The number of ketones is 1. The number of aliphatic hydroxyl groups is 4. The largest absolute Gasteiger partial charge is 0.394 e. The quantitative estimate of drug-likeness (QED) is 0.517. The van der Waals surface area contributed by atoms with Crippen molar-refractivity contribution < 1.29 is 34.7 Å². The Kier molecular flexibility index (Phi) is 5.83. The van der Waals surface area contributed by atoms with Gasteiger partial charge >= 0.3 is 0 Å². The second kappa shape index (κ2) is 8.14. The molecule has 0 aromatic carbocycles. The first-order valence-electron chi connectivity index (χ1n) is 12.4. The minimum atomic E-state index is -1.41. The van der Waals surface area contributed by atoms with E-state index in [0.717, 1.165) is 44.9 Å². The first-order valence-corrected chi connectivity index (χ1v) is 12.4. The number of hydrogen-bond acceptors (Lipinski definition) is 7. The molecule has 1 aliphatic heterocycles. The van der Waals surface area contributed by atoms with Crippen molar-refractivity contribution in [2.24, 2.45) is 28.6 Å².